The second-order valence-corrected chi connectivity index (χ2v) is 3.72. The fraction of sp³-hybridized carbons (Fsp3) is 0.200. The summed E-state index contributed by atoms with van der Waals surface area (Å²) < 4.78 is 0. The minimum Gasteiger partial charge on any atom is -0.269 e. The molecule has 0 saturated heterocycles. The maximum atomic E-state index is 10.9. The molecule has 0 aliphatic carbocycles. The van der Waals surface area contributed by atoms with E-state index in [0.29, 0.717) is 20.8 Å². The van der Waals surface area contributed by atoms with E-state index in [1.165, 1.54) is 20.2 Å². The molecular formula is C10H10Cl2N2O3. The normalized spacial score (nSPS) is 10.6. The number of carbonyl (C=O) groups is 1. The van der Waals surface area contributed by atoms with Crippen molar-refractivity contribution >= 4 is 35.3 Å². The SMILES string of the molecule is CON(ON=Cc1c(Cl)cccc1Cl)C(C)=O. The molecule has 0 heterocycles. The Morgan fingerprint density at radius 3 is 2.47 bits per heavy atom. The second-order valence-electron chi connectivity index (χ2n) is 2.91. The van der Waals surface area contributed by atoms with E-state index in [1.807, 2.05) is 0 Å². The summed E-state index contributed by atoms with van der Waals surface area (Å²) in [5, 5.41) is 5.01. The fourth-order valence-electron chi connectivity index (χ4n) is 0.973. The van der Waals surface area contributed by atoms with Crippen LogP contribution in [0, 0.1) is 0 Å². The summed E-state index contributed by atoms with van der Waals surface area (Å²) in [6, 6.07) is 5.03. The van der Waals surface area contributed by atoms with Crippen molar-refractivity contribution in [2.75, 3.05) is 7.11 Å². The molecule has 0 saturated carbocycles. The maximum absolute atomic E-state index is 10.9. The first-order valence-electron chi connectivity index (χ1n) is 4.55. The van der Waals surface area contributed by atoms with Crippen molar-refractivity contribution in [3.63, 3.8) is 0 Å². The molecule has 7 heteroatoms. The van der Waals surface area contributed by atoms with Crippen LogP contribution in [0.3, 0.4) is 0 Å². The number of benzene rings is 1. The van der Waals surface area contributed by atoms with Crippen molar-refractivity contribution < 1.29 is 14.6 Å². The molecule has 1 amide bonds. The van der Waals surface area contributed by atoms with Crippen LogP contribution < -0.4 is 0 Å². The summed E-state index contributed by atoms with van der Waals surface area (Å²) in [5.74, 6) is -0.449. The minimum atomic E-state index is -0.449. The highest BCUT2D eigenvalue weighted by Crippen LogP contribution is 2.22. The molecule has 0 N–H and O–H groups in total. The topological polar surface area (TPSA) is 51.1 Å². The zero-order chi connectivity index (χ0) is 12.8. The number of oxime groups is 1. The number of hydrogen-bond donors (Lipinski definition) is 0. The summed E-state index contributed by atoms with van der Waals surface area (Å²) in [5.41, 5.74) is 0.496. The Bertz CT molecular complexity index is 417. The lowest BCUT2D eigenvalue weighted by atomic mass is 10.2. The molecule has 0 aliphatic rings. The van der Waals surface area contributed by atoms with E-state index in [0.717, 1.165) is 0 Å². The standard InChI is InChI=1S/C10H10Cl2N2O3/c1-7(15)14(16-2)17-13-6-8-9(11)4-3-5-10(8)12/h3-6H,1-2H3. The summed E-state index contributed by atoms with van der Waals surface area (Å²) in [6.45, 7) is 1.27. The van der Waals surface area contributed by atoms with Gasteiger partial charge in [-0.3, -0.25) is 4.79 Å². The molecule has 0 bridgehead atoms. The second kappa shape index (κ2) is 6.44. The predicted octanol–water partition coefficient (Wildman–Crippen LogP) is 2.67. The maximum Gasteiger partial charge on any atom is 0.284 e. The van der Waals surface area contributed by atoms with Crippen molar-refractivity contribution in [3.05, 3.63) is 33.8 Å². The number of amides is 1. The minimum absolute atomic E-state index is 0.427. The van der Waals surface area contributed by atoms with E-state index < -0.39 is 5.91 Å². The molecule has 92 valence electrons. The molecule has 5 nitrogen and oxygen atoms in total. The van der Waals surface area contributed by atoms with E-state index in [-0.39, 0.29) is 0 Å². The molecule has 1 aromatic rings. The molecule has 0 atom stereocenters. The average Bonchev–Trinajstić information content (AvgIpc) is 2.27. The molecule has 0 aliphatic heterocycles. The van der Waals surface area contributed by atoms with Crippen LogP contribution in [-0.2, 0) is 14.6 Å². The molecule has 0 fully saturated rings. The number of hydrogen-bond acceptors (Lipinski definition) is 4. The van der Waals surface area contributed by atoms with Gasteiger partial charge in [0.1, 0.15) is 0 Å². The molecule has 0 aromatic heterocycles. The summed E-state index contributed by atoms with van der Waals surface area (Å²) in [4.78, 5) is 20.2. The van der Waals surface area contributed by atoms with E-state index in [4.69, 9.17) is 23.2 Å². The van der Waals surface area contributed by atoms with Gasteiger partial charge in [-0.25, -0.2) is 9.78 Å². The van der Waals surface area contributed by atoms with Crippen molar-refractivity contribution in [2.24, 2.45) is 5.16 Å². The van der Waals surface area contributed by atoms with Gasteiger partial charge in [-0.1, -0.05) is 34.4 Å². The monoisotopic (exact) mass is 276 g/mol. The van der Waals surface area contributed by atoms with Gasteiger partial charge in [0.2, 0.25) is 0 Å². The van der Waals surface area contributed by atoms with Crippen LogP contribution in [0.25, 0.3) is 0 Å². The first kappa shape index (κ1) is 13.8. The van der Waals surface area contributed by atoms with Crippen molar-refractivity contribution in [2.45, 2.75) is 6.92 Å². The third kappa shape index (κ3) is 3.89. The van der Waals surface area contributed by atoms with Gasteiger partial charge in [0.05, 0.1) is 23.4 Å². The molecule has 1 rings (SSSR count). The van der Waals surface area contributed by atoms with Crippen LogP contribution >= 0.6 is 23.2 Å². The van der Waals surface area contributed by atoms with Crippen molar-refractivity contribution in [3.8, 4) is 0 Å². The van der Waals surface area contributed by atoms with E-state index in [1.54, 1.807) is 18.2 Å². The summed E-state index contributed by atoms with van der Waals surface area (Å²) in [7, 11) is 1.28. The van der Waals surface area contributed by atoms with Gasteiger partial charge in [-0.05, 0) is 17.4 Å². The first-order valence-corrected chi connectivity index (χ1v) is 5.31. The van der Waals surface area contributed by atoms with Crippen LogP contribution in [0.4, 0.5) is 0 Å². The highest BCUT2D eigenvalue weighted by Gasteiger charge is 2.08. The van der Waals surface area contributed by atoms with Crippen LogP contribution in [0.15, 0.2) is 23.4 Å². The van der Waals surface area contributed by atoms with Gasteiger partial charge in [0, 0.05) is 12.5 Å². The fourth-order valence-corrected chi connectivity index (χ4v) is 1.47. The Balaban J connectivity index is 2.74. The van der Waals surface area contributed by atoms with Gasteiger partial charge < -0.3 is 0 Å². The molecule has 0 spiro atoms. The largest absolute Gasteiger partial charge is 0.284 e. The first-order chi connectivity index (χ1) is 8.06. The smallest absolute Gasteiger partial charge is 0.269 e. The quantitative estimate of drug-likeness (QED) is 0.628. The Morgan fingerprint density at radius 1 is 1.41 bits per heavy atom. The van der Waals surface area contributed by atoms with Crippen LogP contribution in [0.5, 0.6) is 0 Å². The molecular weight excluding hydrogens is 267 g/mol. The lowest BCUT2D eigenvalue weighted by molar-refractivity contribution is -0.329. The molecule has 0 radical (unpaired) electrons. The Kier molecular flexibility index (Phi) is 5.21. The van der Waals surface area contributed by atoms with Gasteiger partial charge in [0.25, 0.3) is 5.91 Å². The van der Waals surface area contributed by atoms with E-state index in [2.05, 4.69) is 14.9 Å². The number of hydroxylamine groups is 2. The number of carbonyl (C=O) groups excluding carboxylic acids is 1. The van der Waals surface area contributed by atoms with E-state index in [9.17, 15) is 4.79 Å². The van der Waals surface area contributed by atoms with Gasteiger partial charge in [-0.2, -0.15) is 0 Å². The third-order valence-electron chi connectivity index (χ3n) is 1.73. The van der Waals surface area contributed by atoms with Crippen LogP contribution in [0.2, 0.25) is 10.0 Å². The Morgan fingerprint density at radius 2 is 2.00 bits per heavy atom. The number of nitrogens with zero attached hydrogens (tertiary/aromatic N) is 2. The predicted molar refractivity (Wildman–Crippen MR) is 64.7 cm³/mol. The summed E-state index contributed by atoms with van der Waals surface area (Å²) >= 11 is 11.8. The molecule has 1 aromatic carbocycles. The van der Waals surface area contributed by atoms with Crippen molar-refractivity contribution in [1.82, 2.24) is 5.23 Å². The Labute approximate surface area is 108 Å². The highest BCUT2D eigenvalue weighted by atomic mass is 35.5. The average molecular weight is 277 g/mol. The zero-order valence-electron chi connectivity index (χ0n) is 9.18. The lowest BCUT2D eigenvalue weighted by Crippen LogP contribution is -2.25. The molecule has 0 unspecified atom stereocenters. The van der Waals surface area contributed by atoms with Gasteiger partial charge >= 0.3 is 0 Å². The van der Waals surface area contributed by atoms with Crippen molar-refractivity contribution in [1.29, 1.82) is 0 Å². The number of halogens is 2. The lowest BCUT2D eigenvalue weighted by Gasteiger charge is -2.11. The van der Waals surface area contributed by atoms with E-state index >= 15 is 0 Å². The number of rotatable bonds is 4. The van der Waals surface area contributed by atoms with Gasteiger partial charge in [0.15, 0.2) is 0 Å². The summed E-state index contributed by atoms with van der Waals surface area (Å²) in [6.07, 6.45) is 1.29. The highest BCUT2D eigenvalue weighted by molar-refractivity contribution is 6.38. The molecule has 17 heavy (non-hydrogen) atoms. The zero-order valence-corrected chi connectivity index (χ0v) is 10.7. The third-order valence-corrected chi connectivity index (χ3v) is 2.38. The van der Waals surface area contributed by atoms with Crippen LogP contribution in [0.1, 0.15) is 12.5 Å². The Hall–Kier alpha value is -1.30. The van der Waals surface area contributed by atoms with Gasteiger partial charge in [-0.15, -0.1) is 0 Å². The van der Waals surface area contributed by atoms with Crippen LogP contribution in [-0.4, -0.2) is 24.5 Å².